The molecular formula is C20H28N4O3. The quantitative estimate of drug-likeness (QED) is 0.863. The first-order valence-electron chi connectivity index (χ1n) is 9.86. The van der Waals surface area contributed by atoms with Crippen molar-refractivity contribution >= 4 is 23.0 Å². The molecule has 4 rings (SSSR count). The van der Waals surface area contributed by atoms with Crippen LogP contribution < -0.4 is 10.1 Å². The summed E-state index contributed by atoms with van der Waals surface area (Å²) in [6, 6.07) is 4.01. The highest BCUT2D eigenvalue weighted by atomic mass is 16.5. The van der Waals surface area contributed by atoms with Crippen LogP contribution in [0.2, 0.25) is 0 Å². The monoisotopic (exact) mass is 372 g/mol. The molecule has 3 heterocycles. The number of hydrogen-bond donors (Lipinski definition) is 1. The van der Waals surface area contributed by atoms with E-state index in [0.717, 1.165) is 43.3 Å². The second-order valence-corrected chi connectivity index (χ2v) is 8.23. The minimum Gasteiger partial charge on any atom is -0.481 e. The number of nitrogens with zero attached hydrogens (tertiary/aromatic N) is 3. The van der Waals surface area contributed by atoms with Gasteiger partial charge in [0.05, 0.1) is 25.2 Å². The number of carbonyl (C=O) groups is 1. The summed E-state index contributed by atoms with van der Waals surface area (Å²) in [6.45, 7) is 4.18. The molecule has 0 aromatic carbocycles. The van der Waals surface area contributed by atoms with E-state index in [1.807, 2.05) is 6.07 Å². The van der Waals surface area contributed by atoms with E-state index < -0.39 is 0 Å². The lowest BCUT2D eigenvalue weighted by Crippen LogP contribution is -2.37. The summed E-state index contributed by atoms with van der Waals surface area (Å²) in [5.41, 5.74) is 1.39. The van der Waals surface area contributed by atoms with Crippen molar-refractivity contribution in [1.29, 1.82) is 0 Å². The number of amides is 1. The molecule has 1 aliphatic carbocycles. The predicted molar refractivity (Wildman–Crippen MR) is 103 cm³/mol. The molecule has 146 valence electrons. The third kappa shape index (κ3) is 3.78. The van der Waals surface area contributed by atoms with Gasteiger partial charge in [0.25, 0.3) is 0 Å². The fraction of sp³-hybridized carbons (Fsp3) is 0.650. The summed E-state index contributed by atoms with van der Waals surface area (Å²) in [4.78, 5) is 21.9. The molecule has 1 unspecified atom stereocenters. The number of methoxy groups -OCH3 is 1. The molecule has 1 aliphatic heterocycles. The van der Waals surface area contributed by atoms with Crippen molar-refractivity contribution in [1.82, 2.24) is 14.5 Å². The number of carbonyl (C=O) groups excluding carboxylic acids is 1. The second-order valence-electron chi connectivity index (χ2n) is 8.23. The minimum atomic E-state index is -0.150. The second kappa shape index (κ2) is 7.11. The van der Waals surface area contributed by atoms with Gasteiger partial charge in [-0.1, -0.05) is 0 Å². The summed E-state index contributed by atoms with van der Waals surface area (Å²) in [6.07, 6.45) is 6.72. The van der Waals surface area contributed by atoms with Crippen LogP contribution in [0.3, 0.4) is 0 Å². The first-order chi connectivity index (χ1) is 12.9. The lowest BCUT2D eigenvalue weighted by molar-refractivity contribution is -0.131. The van der Waals surface area contributed by atoms with Crippen LogP contribution in [0, 0.1) is 0 Å². The number of fused-ring (bicyclic) bond motifs is 1. The largest absolute Gasteiger partial charge is 0.481 e. The van der Waals surface area contributed by atoms with E-state index in [-0.39, 0.29) is 17.6 Å². The van der Waals surface area contributed by atoms with E-state index in [9.17, 15) is 4.79 Å². The lowest BCUT2D eigenvalue weighted by Gasteiger charge is -2.35. The normalized spacial score (nSPS) is 22.4. The third-order valence-corrected chi connectivity index (χ3v) is 5.62. The van der Waals surface area contributed by atoms with Crippen LogP contribution >= 0.6 is 0 Å². The Labute approximate surface area is 159 Å². The summed E-state index contributed by atoms with van der Waals surface area (Å²) in [7, 11) is 1.60. The Morgan fingerprint density at radius 2 is 2.11 bits per heavy atom. The standard InChI is InChI=1S/C20H28N4O3/c1-20(2)11-5-8-14(27-20)12-16(25)22-19-21-15-9-10-17(26-3)23-18(15)24(19)13-6-4-7-13/h9-10,13-14H,4-8,11-12H2,1-3H3,(H,21,22,25). The molecule has 2 aromatic rings. The van der Waals surface area contributed by atoms with Crippen molar-refractivity contribution in [2.24, 2.45) is 0 Å². The van der Waals surface area contributed by atoms with Crippen LogP contribution in [-0.2, 0) is 9.53 Å². The van der Waals surface area contributed by atoms with Gasteiger partial charge in [0.2, 0.25) is 17.7 Å². The van der Waals surface area contributed by atoms with E-state index in [1.54, 1.807) is 13.2 Å². The van der Waals surface area contributed by atoms with E-state index >= 15 is 0 Å². The molecule has 27 heavy (non-hydrogen) atoms. The molecule has 1 atom stereocenters. The highest BCUT2D eigenvalue weighted by Crippen LogP contribution is 2.37. The molecule has 2 fully saturated rings. The molecule has 2 aliphatic rings. The van der Waals surface area contributed by atoms with Crippen molar-refractivity contribution in [3.63, 3.8) is 0 Å². The Kier molecular flexibility index (Phi) is 4.80. The molecule has 7 nitrogen and oxygen atoms in total. The zero-order valence-electron chi connectivity index (χ0n) is 16.3. The van der Waals surface area contributed by atoms with Gasteiger partial charge in [-0.2, -0.15) is 4.98 Å². The number of nitrogens with one attached hydrogen (secondary N) is 1. The summed E-state index contributed by atoms with van der Waals surface area (Å²) in [5.74, 6) is 1.08. The van der Waals surface area contributed by atoms with E-state index in [2.05, 4.69) is 33.7 Å². The lowest BCUT2D eigenvalue weighted by atomic mass is 9.93. The van der Waals surface area contributed by atoms with Gasteiger partial charge >= 0.3 is 0 Å². The number of ether oxygens (including phenoxy) is 2. The smallest absolute Gasteiger partial charge is 0.229 e. The van der Waals surface area contributed by atoms with Crippen LogP contribution in [0.4, 0.5) is 5.95 Å². The number of aromatic nitrogens is 3. The summed E-state index contributed by atoms with van der Waals surface area (Å²) >= 11 is 0. The average molecular weight is 372 g/mol. The van der Waals surface area contributed by atoms with Crippen molar-refractivity contribution in [2.75, 3.05) is 12.4 Å². The first kappa shape index (κ1) is 18.2. The van der Waals surface area contributed by atoms with E-state index in [0.29, 0.717) is 24.3 Å². The maximum Gasteiger partial charge on any atom is 0.229 e. The Hall–Kier alpha value is -2.15. The van der Waals surface area contributed by atoms with Gasteiger partial charge in [-0.05, 0) is 58.4 Å². The summed E-state index contributed by atoms with van der Waals surface area (Å²) in [5, 5.41) is 3.01. The minimum absolute atomic E-state index is 0.0338. The molecular weight excluding hydrogens is 344 g/mol. The van der Waals surface area contributed by atoms with Gasteiger partial charge in [-0.15, -0.1) is 0 Å². The fourth-order valence-corrected chi connectivity index (χ4v) is 4.00. The van der Waals surface area contributed by atoms with Gasteiger partial charge in [0.1, 0.15) is 5.52 Å². The van der Waals surface area contributed by atoms with Crippen LogP contribution in [0.1, 0.15) is 64.8 Å². The van der Waals surface area contributed by atoms with Gasteiger partial charge in [0.15, 0.2) is 5.65 Å². The Morgan fingerprint density at radius 1 is 1.30 bits per heavy atom. The van der Waals surface area contributed by atoms with Crippen molar-refractivity contribution in [2.45, 2.75) is 76.5 Å². The molecule has 1 saturated heterocycles. The molecule has 7 heteroatoms. The Bertz CT molecular complexity index is 841. The van der Waals surface area contributed by atoms with Gasteiger partial charge in [0, 0.05) is 12.1 Å². The van der Waals surface area contributed by atoms with E-state index in [1.165, 1.54) is 6.42 Å². The van der Waals surface area contributed by atoms with Crippen molar-refractivity contribution in [3.05, 3.63) is 12.1 Å². The van der Waals surface area contributed by atoms with Crippen LogP contribution in [-0.4, -0.2) is 39.3 Å². The van der Waals surface area contributed by atoms with Gasteiger partial charge in [-0.25, -0.2) is 4.98 Å². The molecule has 0 spiro atoms. The zero-order valence-corrected chi connectivity index (χ0v) is 16.3. The summed E-state index contributed by atoms with van der Waals surface area (Å²) < 4.78 is 13.4. The van der Waals surface area contributed by atoms with E-state index in [4.69, 9.17) is 9.47 Å². The predicted octanol–water partition coefficient (Wildman–Crippen LogP) is 3.84. The molecule has 1 N–H and O–H groups in total. The van der Waals surface area contributed by atoms with Gasteiger partial charge < -0.3 is 9.47 Å². The topological polar surface area (TPSA) is 78.3 Å². The first-order valence-corrected chi connectivity index (χ1v) is 9.86. The molecule has 1 amide bonds. The molecule has 2 aromatic heterocycles. The fourth-order valence-electron chi connectivity index (χ4n) is 4.00. The van der Waals surface area contributed by atoms with Gasteiger partial charge in [-0.3, -0.25) is 14.7 Å². The highest BCUT2D eigenvalue weighted by Gasteiger charge is 2.31. The van der Waals surface area contributed by atoms with Crippen LogP contribution in [0.25, 0.3) is 11.2 Å². The number of anilines is 1. The molecule has 1 saturated carbocycles. The number of imidazole rings is 1. The highest BCUT2D eigenvalue weighted by molar-refractivity contribution is 5.91. The number of pyridine rings is 1. The van der Waals surface area contributed by atoms with Crippen molar-refractivity contribution in [3.8, 4) is 5.88 Å². The number of hydrogen-bond acceptors (Lipinski definition) is 5. The van der Waals surface area contributed by atoms with Crippen LogP contribution in [0.5, 0.6) is 5.88 Å². The molecule has 0 radical (unpaired) electrons. The average Bonchev–Trinajstić information content (AvgIpc) is 2.89. The number of rotatable bonds is 5. The third-order valence-electron chi connectivity index (χ3n) is 5.62. The maximum absolute atomic E-state index is 12.7. The van der Waals surface area contributed by atoms with Crippen LogP contribution in [0.15, 0.2) is 12.1 Å². The molecule has 0 bridgehead atoms. The Morgan fingerprint density at radius 3 is 2.78 bits per heavy atom. The Balaban J connectivity index is 1.55. The zero-order chi connectivity index (χ0) is 19.0. The maximum atomic E-state index is 12.7. The van der Waals surface area contributed by atoms with Crippen molar-refractivity contribution < 1.29 is 14.3 Å². The SMILES string of the molecule is COc1ccc2nc(NC(=O)CC3CCCC(C)(C)O3)n(C3CCC3)c2n1.